The Kier molecular flexibility index (Phi) is 4.80. The van der Waals surface area contributed by atoms with Crippen LogP contribution in [0.4, 0.5) is 0 Å². The molecular formula is C13H12Cl2N2OS. The number of carbonyl (C=O) groups excluding carboxylic acids is 1. The molecule has 0 aliphatic carbocycles. The molecule has 0 aromatic carbocycles. The molecule has 0 spiro atoms. The lowest BCUT2D eigenvalue weighted by Crippen LogP contribution is -2.22. The second kappa shape index (κ2) is 6.37. The lowest BCUT2D eigenvalue weighted by Gasteiger charge is -2.04. The summed E-state index contributed by atoms with van der Waals surface area (Å²) in [5, 5.41) is 3.25. The zero-order chi connectivity index (χ0) is 13.8. The molecule has 2 aromatic rings. The molecule has 2 heterocycles. The molecule has 0 unspecified atom stereocenters. The van der Waals surface area contributed by atoms with Gasteiger partial charge in [-0.15, -0.1) is 11.3 Å². The number of halogens is 2. The number of nitrogens with one attached hydrogen (secondary N) is 1. The summed E-state index contributed by atoms with van der Waals surface area (Å²) in [4.78, 5) is 18.2. The number of aryl methyl sites for hydroxylation is 1. The highest BCUT2D eigenvalue weighted by molar-refractivity contribution is 7.11. The van der Waals surface area contributed by atoms with Gasteiger partial charge < -0.3 is 5.32 Å². The van der Waals surface area contributed by atoms with Crippen molar-refractivity contribution in [1.29, 1.82) is 0 Å². The van der Waals surface area contributed by atoms with Crippen LogP contribution in [-0.4, -0.2) is 10.9 Å². The van der Waals surface area contributed by atoms with Crippen molar-refractivity contribution < 1.29 is 4.79 Å². The minimum atomic E-state index is -0.211. The van der Waals surface area contributed by atoms with Crippen LogP contribution >= 0.6 is 34.5 Å². The fourth-order valence-electron chi connectivity index (χ4n) is 1.57. The third kappa shape index (κ3) is 3.93. The fraction of sp³-hybridized carbons (Fsp3) is 0.231. The molecule has 1 amide bonds. The second-order valence-electron chi connectivity index (χ2n) is 3.91. The van der Waals surface area contributed by atoms with Crippen molar-refractivity contribution >= 4 is 40.4 Å². The monoisotopic (exact) mass is 314 g/mol. The predicted octanol–water partition coefficient (Wildman–Crippen LogP) is 3.94. The van der Waals surface area contributed by atoms with Gasteiger partial charge in [-0.1, -0.05) is 30.1 Å². The molecule has 0 aliphatic rings. The summed E-state index contributed by atoms with van der Waals surface area (Å²) in [5.41, 5.74) is 0.414. The van der Waals surface area contributed by atoms with Crippen molar-refractivity contribution in [3.8, 4) is 0 Å². The van der Waals surface area contributed by atoms with Crippen LogP contribution in [0.2, 0.25) is 10.3 Å². The number of nitrogens with zero attached hydrogens (tertiary/aromatic N) is 1. The molecule has 19 heavy (non-hydrogen) atoms. The average molecular weight is 315 g/mol. The Morgan fingerprint density at radius 2 is 1.89 bits per heavy atom. The van der Waals surface area contributed by atoms with Gasteiger partial charge in [0.1, 0.15) is 10.3 Å². The van der Waals surface area contributed by atoms with E-state index in [9.17, 15) is 4.79 Å². The number of hydrogen-bond donors (Lipinski definition) is 1. The molecule has 0 bridgehead atoms. The van der Waals surface area contributed by atoms with Gasteiger partial charge in [0, 0.05) is 15.3 Å². The van der Waals surface area contributed by atoms with E-state index in [1.807, 2.05) is 6.07 Å². The SMILES string of the molecule is CCc1ccc(CNC(=O)c2cc(Cl)nc(Cl)c2)s1. The lowest BCUT2D eigenvalue weighted by molar-refractivity contribution is 0.0951. The Bertz CT molecular complexity index is 578. The minimum absolute atomic E-state index is 0.210. The normalized spacial score (nSPS) is 10.5. The summed E-state index contributed by atoms with van der Waals surface area (Å²) in [6.45, 7) is 2.61. The number of pyridine rings is 1. The van der Waals surface area contributed by atoms with Crippen molar-refractivity contribution in [3.05, 3.63) is 49.9 Å². The number of thiophene rings is 1. The largest absolute Gasteiger partial charge is 0.347 e. The van der Waals surface area contributed by atoms with Crippen LogP contribution in [0.3, 0.4) is 0 Å². The predicted molar refractivity (Wildman–Crippen MR) is 79.1 cm³/mol. The van der Waals surface area contributed by atoms with Crippen molar-refractivity contribution in [2.75, 3.05) is 0 Å². The van der Waals surface area contributed by atoms with E-state index < -0.39 is 0 Å². The van der Waals surface area contributed by atoms with Gasteiger partial charge >= 0.3 is 0 Å². The van der Waals surface area contributed by atoms with Crippen molar-refractivity contribution in [3.63, 3.8) is 0 Å². The Morgan fingerprint density at radius 1 is 1.26 bits per heavy atom. The highest BCUT2D eigenvalue weighted by Crippen LogP contribution is 2.17. The fourth-order valence-corrected chi connectivity index (χ4v) is 2.93. The van der Waals surface area contributed by atoms with Crippen LogP contribution in [0.1, 0.15) is 27.0 Å². The van der Waals surface area contributed by atoms with E-state index in [-0.39, 0.29) is 16.2 Å². The summed E-state index contributed by atoms with van der Waals surface area (Å²) in [5.74, 6) is -0.211. The van der Waals surface area contributed by atoms with Gasteiger partial charge in [-0.25, -0.2) is 4.98 Å². The van der Waals surface area contributed by atoms with E-state index in [0.29, 0.717) is 12.1 Å². The second-order valence-corrected chi connectivity index (χ2v) is 5.93. The summed E-state index contributed by atoms with van der Waals surface area (Å²) in [6.07, 6.45) is 1.01. The number of amides is 1. The van der Waals surface area contributed by atoms with Crippen LogP contribution in [0.25, 0.3) is 0 Å². The molecule has 0 saturated carbocycles. The Hall–Kier alpha value is -1.10. The Morgan fingerprint density at radius 3 is 2.47 bits per heavy atom. The first-order valence-electron chi connectivity index (χ1n) is 5.77. The van der Waals surface area contributed by atoms with E-state index in [4.69, 9.17) is 23.2 Å². The first-order chi connectivity index (χ1) is 9.08. The van der Waals surface area contributed by atoms with E-state index in [1.54, 1.807) is 11.3 Å². The maximum Gasteiger partial charge on any atom is 0.251 e. The highest BCUT2D eigenvalue weighted by Gasteiger charge is 2.09. The minimum Gasteiger partial charge on any atom is -0.347 e. The smallest absolute Gasteiger partial charge is 0.251 e. The molecule has 6 heteroatoms. The Labute approximate surface area is 125 Å². The van der Waals surface area contributed by atoms with Gasteiger partial charge in [0.25, 0.3) is 5.91 Å². The van der Waals surface area contributed by atoms with Crippen molar-refractivity contribution in [1.82, 2.24) is 10.3 Å². The maximum atomic E-state index is 11.9. The van der Waals surface area contributed by atoms with Gasteiger partial charge in [0.05, 0.1) is 6.54 Å². The van der Waals surface area contributed by atoms with Gasteiger partial charge in [0.15, 0.2) is 0 Å². The molecule has 100 valence electrons. The van der Waals surface area contributed by atoms with Crippen LogP contribution in [-0.2, 0) is 13.0 Å². The molecule has 2 rings (SSSR count). The van der Waals surface area contributed by atoms with Crippen LogP contribution in [0, 0.1) is 0 Å². The molecule has 0 saturated heterocycles. The quantitative estimate of drug-likeness (QED) is 0.868. The van der Waals surface area contributed by atoms with Crippen LogP contribution < -0.4 is 5.32 Å². The molecule has 0 aliphatic heterocycles. The summed E-state index contributed by atoms with van der Waals surface area (Å²) in [7, 11) is 0. The first-order valence-corrected chi connectivity index (χ1v) is 7.34. The number of carbonyl (C=O) groups is 1. The number of aromatic nitrogens is 1. The van der Waals surface area contributed by atoms with E-state index in [0.717, 1.165) is 11.3 Å². The average Bonchev–Trinajstić information content (AvgIpc) is 2.82. The summed E-state index contributed by atoms with van der Waals surface area (Å²) >= 11 is 13.2. The molecule has 0 radical (unpaired) electrons. The first kappa shape index (κ1) is 14.3. The standard InChI is InChI=1S/C13H12Cl2N2OS/c1-2-9-3-4-10(19-9)7-16-13(18)8-5-11(14)17-12(15)6-8/h3-6H,2,7H2,1H3,(H,16,18). The van der Waals surface area contributed by atoms with Crippen LogP contribution in [0.15, 0.2) is 24.3 Å². The van der Waals surface area contributed by atoms with E-state index in [1.165, 1.54) is 17.0 Å². The third-order valence-electron chi connectivity index (χ3n) is 2.51. The lowest BCUT2D eigenvalue weighted by atomic mass is 10.2. The summed E-state index contributed by atoms with van der Waals surface area (Å²) < 4.78 is 0. The molecule has 3 nitrogen and oxygen atoms in total. The molecular weight excluding hydrogens is 303 g/mol. The zero-order valence-electron chi connectivity index (χ0n) is 10.2. The number of hydrogen-bond acceptors (Lipinski definition) is 3. The number of rotatable bonds is 4. The molecule has 0 fully saturated rings. The third-order valence-corrected chi connectivity index (χ3v) is 4.13. The van der Waals surface area contributed by atoms with E-state index in [2.05, 4.69) is 23.3 Å². The van der Waals surface area contributed by atoms with Gasteiger partial charge in [-0.3, -0.25) is 4.79 Å². The summed E-state index contributed by atoms with van der Waals surface area (Å²) in [6, 6.07) is 7.09. The van der Waals surface area contributed by atoms with Gasteiger partial charge in [-0.2, -0.15) is 0 Å². The highest BCUT2D eigenvalue weighted by atomic mass is 35.5. The van der Waals surface area contributed by atoms with Gasteiger partial charge in [0.2, 0.25) is 0 Å². The van der Waals surface area contributed by atoms with Crippen molar-refractivity contribution in [2.45, 2.75) is 19.9 Å². The van der Waals surface area contributed by atoms with Crippen molar-refractivity contribution in [2.24, 2.45) is 0 Å². The maximum absolute atomic E-state index is 11.9. The van der Waals surface area contributed by atoms with Gasteiger partial charge in [-0.05, 0) is 30.7 Å². The van der Waals surface area contributed by atoms with E-state index >= 15 is 0 Å². The Balaban J connectivity index is 2.00. The molecule has 1 N–H and O–H groups in total. The molecule has 0 atom stereocenters. The van der Waals surface area contributed by atoms with Crippen LogP contribution in [0.5, 0.6) is 0 Å². The topological polar surface area (TPSA) is 42.0 Å². The zero-order valence-corrected chi connectivity index (χ0v) is 12.6. The molecule has 2 aromatic heterocycles.